The van der Waals surface area contributed by atoms with Crippen molar-refractivity contribution in [1.82, 2.24) is 4.81 Å². The van der Waals surface area contributed by atoms with E-state index in [1.54, 1.807) is 7.11 Å². The highest BCUT2D eigenvalue weighted by Gasteiger charge is 2.26. The number of benzene rings is 1. The summed E-state index contributed by atoms with van der Waals surface area (Å²) in [5.41, 5.74) is 6.65. The Morgan fingerprint density at radius 3 is 2.83 bits per heavy atom. The van der Waals surface area contributed by atoms with Gasteiger partial charge in [0, 0.05) is 19.2 Å². The minimum atomic E-state index is 0.724. The lowest BCUT2D eigenvalue weighted by molar-refractivity contribution is 0.201. The van der Waals surface area contributed by atoms with Crippen LogP contribution in [0.4, 0.5) is 5.69 Å². The molecule has 24 heavy (non-hydrogen) atoms. The second-order valence-corrected chi connectivity index (χ2v) is 6.86. The van der Waals surface area contributed by atoms with Gasteiger partial charge in [-0.2, -0.15) is 0 Å². The van der Waals surface area contributed by atoms with Gasteiger partial charge in [0.05, 0.1) is 18.8 Å². The van der Waals surface area contributed by atoms with Crippen molar-refractivity contribution in [1.29, 1.82) is 0 Å². The lowest BCUT2D eigenvalue weighted by Crippen LogP contribution is -2.36. The molecule has 0 spiro atoms. The van der Waals surface area contributed by atoms with Crippen molar-refractivity contribution in [2.75, 3.05) is 51.4 Å². The molecule has 2 aliphatic heterocycles. The largest absolute Gasteiger partial charge is 0.490 e. The molecule has 3 rings (SSSR count). The zero-order valence-electron chi connectivity index (χ0n) is 15.1. The maximum atomic E-state index is 6.07. The zero-order valence-corrected chi connectivity index (χ0v) is 15.1. The quantitative estimate of drug-likeness (QED) is 0.794. The molecular weight excluding hydrogens is 299 g/mol. The van der Waals surface area contributed by atoms with Crippen LogP contribution in [0.1, 0.15) is 30.5 Å². The van der Waals surface area contributed by atoms with Crippen LogP contribution in [0.2, 0.25) is 0 Å². The van der Waals surface area contributed by atoms with Crippen molar-refractivity contribution in [3.8, 4) is 5.75 Å². The third kappa shape index (κ3) is 3.62. The Balaban J connectivity index is 2.12. The van der Waals surface area contributed by atoms with Gasteiger partial charge in [0.1, 0.15) is 12.4 Å². The molecule has 0 saturated carbocycles. The van der Waals surface area contributed by atoms with Crippen LogP contribution < -0.4 is 9.64 Å². The van der Waals surface area contributed by atoms with E-state index in [-0.39, 0.29) is 0 Å². The highest BCUT2D eigenvalue weighted by Crippen LogP contribution is 2.41. The average molecular weight is 326 g/mol. The second kappa shape index (κ2) is 7.62. The number of allylic oxidation sites excluding steroid dienone is 1. The van der Waals surface area contributed by atoms with Crippen LogP contribution in [0.25, 0.3) is 6.08 Å². The first-order chi connectivity index (χ1) is 11.6. The molecule has 0 saturated heterocycles. The predicted molar refractivity (Wildman–Crippen MR) is 100 cm³/mol. The van der Waals surface area contributed by atoms with Crippen molar-refractivity contribution in [3.05, 3.63) is 28.3 Å². The number of methoxy groups -OCH3 is 1. The predicted octanol–water partition coefficient (Wildman–Crippen LogP) is 2.44. The van der Waals surface area contributed by atoms with E-state index in [0.29, 0.717) is 0 Å². The first kappa shape index (κ1) is 17.4. The zero-order chi connectivity index (χ0) is 17.1. The van der Waals surface area contributed by atoms with Crippen LogP contribution in [0.3, 0.4) is 0 Å². The molecular formula is C19H27BN2O2. The van der Waals surface area contributed by atoms with Crippen LogP contribution in [0, 0.1) is 0 Å². The summed E-state index contributed by atoms with van der Waals surface area (Å²) >= 11 is 0. The summed E-state index contributed by atoms with van der Waals surface area (Å²) in [4.78, 5) is 4.33. The van der Waals surface area contributed by atoms with Gasteiger partial charge in [0.25, 0.3) is 0 Å². The summed E-state index contributed by atoms with van der Waals surface area (Å²) < 4.78 is 11.3. The van der Waals surface area contributed by atoms with E-state index in [4.69, 9.17) is 17.5 Å². The molecule has 0 bridgehead atoms. The Morgan fingerprint density at radius 2 is 2.08 bits per heavy atom. The lowest BCUT2D eigenvalue weighted by atomic mass is 9.92. The van der Waals surface area contributed by atoms with Crippen LogP contribution in [0.5, 0.6) is 5.75 Å². The van der Waals surface area contributed by atoms with E-state index in [2.05, 4.69) is 30.9 Å². The van der Waals surface area contributed by atoms with E-state index in [0.717, 1.165) is 58.0 Å². The molecule has 0 unspecified atom stereocenters. The third-order valence-electron chi connectivity index (χ3n) is 4.76. The van der Waals surface area contributed by atoms with E-state index < -0.39 is 0 Å². The minimum Gasteiger partial charge on any atom is -0.490 e. The van der Waals surface area contributed by atoms with Crippen molar-refractivity contribution in [2.24, 2.45) is 0 Å². The molecule has 0 aromatic heterocycles. The van der Waals surface area contributed by atoms with E-state index >= 15 is 0 Å². The number of ether oxygens (including phenoxy) is 2. The lowest BCUT2D eigenvalue weighted by Gasteiger charge is -2.34. The second-order valence-electron chi connectivity index (χ2n) is 6.86. The fourth-order valence-electron chi connectivity index (χ4n) is 3.59. The smallest absolute Gasteiger partial charge is 0.182 e. The van der Waals surface area contributed by atoms with Gasteiger partial charge in [-0.1, -0.05) is 11.6 Å². The monoisotopic (exact) mass is 326 g/mol. The molecule has 4 nitrogen and oxygen atoms in total. The molecule has 0 fully saturated rings. The number of fused-ring (bicyclic) bond motifs is 2. The van der Waals surface area contributed by atoms with Gasteiger partial charge < -0.3 is 19.2 Å². The Labute approximate surface area is 146 Å². The van der Waals surface area contributed by atoms with E-state index in [1.165, 1.54) is 28.0 Å². The van der Waals surface area contributed by atoms with E-state index in [1.807, 2.05) is 4.81 Å². The standard InChI is InChI=1S/C19H27BN2O2/c1-14(2)12-17-16-5-7-22(20)6-4-15(16)13-18-19(17)21(8-10-23-3)9-11-24-18/h12-13H,4-11H2,1-3H3. The fourth-order valence-corrected chi connectivity index (χ4v) is 3.59. The van der Waals surface area contributed by atoms with Gasteiger partial charge in [-0.25, -0.2) is 0 Å². The summed E-state index contributed by atoms with van der Waals surface area (Å²) in [5, 5.41) is 0. The number of hydrogen-bond acceptors (Lipinski definition) is 4. The van der Waals surface area contributed by atoms with Crippen molar-refractivity contribution >= 4 is 19.7 Å². The molecule has 1 aromatic carbocycles. The molecule has 128 valence electrons. The summed E-state index contributed by atoms with van der Waals surface area (Å²) in [5.74, 6) is 1.01. The fraction of sp³-hybridized carbons (Fsp3) is 0.579. The van der Waals surface area contributed by atoms with Crippen LogP contribution in [0.15, 0.2) is 11.6 Å². The van der Waals surface area contributed by atoms with Crippen molar-refractivity contribution in [3.63, 3.8) is 0 Å². The summed E-state index contributed by atoms with van der Waals surface area (Å²) in [6.07, 6.45) is 4.26. The first-order valence-electron chi connectivity index (χ1n) is 8.80. The number of hydrogen-bond donors (Lipinski definition) is 0. The van der Waals surface area contributed by atoms with Gasteiger partial charge in [-0.05, 0) is 57.0 Å². The molecule has 0 N–H and O–H groups in total. The number of nitrogens with zero attached hydrogens (tertiary/aromatic N) is 2. The van der Waals surface area contributed by atoms with Gasteiger partial charge in [0.2, 0.25) is 0 Å². The molecule has 0 atom stereocenters. The Kier molecular flexibility index (Phi) is 5.52. The van der Waals surface area contributed by atoms with Crippen molar-refractivity contribution in [2.45, 2.75) is 26.7 Å². The third-order valence-corrected chi connectivity index (χ3v) is 4.76. The highest BCUT2D eigenvalue weighted by atomic mass is 16.5. The van der Waals surface area contributed by atoms with Crippen LogP contribution in [-0.2, 0) is 17.6 Å². The molecule has 0 aliphatic carbocycles. The SMILES string of the molecule is [B]N1CCc2cc3c(c(C=C(C)C)c2CC1)N(CCOC)CCO3. The number of rotatable bonds is 4. The number of anilines is 1. The highest BCUT2D eigenvalue weighted by molar-refractivity contribution is 6.04. The Morgan fingerprint density at radius 1 is 1.29 bits per heavy atom. The van der Waals surface area contributed by atoms with Crippen LogP contribution in [-0.4, -0.2) is 59.3 Å². The summed E-state index contributed by atoms with van der Waals surface area (Å²) in [6, 6.07) is 2.24. The maximum absolute atomic E-state index is 6.07. The summed E-state index contributed by atoms with van der Waals surface area (Å²) in [7, 11) is 7.83. The Bertz CT molecular complexity index is 626. The normalized spacial score (nSPS) is 17.5. The van der Waals surface area contributed by atoms with Gasteiger partial charge in [-0.15, -0.1) is 0 Å². The minimum absolute atomic E-state index is 0.724. The molecule has 5 heteroatoms. The Hall–Kier alpha value is -1.46. The molecule has 1 aromatic rings. The van der Waals surface area contributed by atoms with Gasteiger partial charge in [0.15, 0.2) is 7.98 Å². The topological polar surface area (TPSA) is 24.9 Å². The van der Waals surface area contributed by atoms with Gasteiger partial charge >= 0.3 is 0 Å². The maximum Gasteiger partial charge on any atom is 0.182 e. The first-order valence-corrected chi connectivity index (χ1v) is 8.80. The van der Waals surface area contributed by atoms with E-state index in [9.17, 15) is 0 Å². The van der Waals surface area contributed by atoms with Crippen molar-refractivity contribution < 1.29 is 9.47 Å². The summed E-state index contributed by atoms with van der Waals surface area (Å²) in [6.45, 7) is 9.34. The van der Waals surface area contributed by atoms with Gasteiger partial charge in [-0.3, -0.25) is 0 Å². The molecule has 2 heterocycles. The molecule has 0 amide bonds. The van der Waals surface area contributed by atoms with Crippen LogP contribution >= 0.6 is 0 Å². The average Bonchev–Trinajstić information content (AvgIpc) is 2.74. The molecule has 2 aliphatic rings. The molecule has 2 radical (unpaired) electrons.